The summed E-state index contributed by atoms with van der Waals surface area (Å²) in [6.07, 6.45) is -3.24. The molecule has 0 spiro atoms. The molecule has 0 amide bonds. The van der Waals surface area contributed by atoms with E-state index in [0.717, 1.165) is 33.2 Å². The van der Waals surface area contributed by atoms with Gasteiger partial charge in [-0.25, -0.2) is 4.79 Å². The Morgan fingerprint density at radius 2 is 1.84 bits per heavy atom. The van der Waals surface area contributed by atoms with Crippen LogP contribution in [0.3, 0.4) is 0 Å². The Bertz CT molecular complexity index is 1410. The predicted octanol–water partition coefficient (Wildman–Crippen LogP) is 4.45. The van der Waals surface area contributed by atoms with E-state index in [1.807, 2.05) is 54.2 Å². The number of rotatable bonds is 7. The molecule has 0 bridgehead atoms. The van der Waals surface area contributed by atoms with E-state index in [1.54, 1.807) is 0 Å². The van der Waals surface area contributed by atoms with Gasteiger partial charge in [0.1, 0.15) is 0 Å². The fraction of sp³-hybridized carbons (Fsp3) is 0.292. The van der Waals surface area contributed by atoms with Crippen molar-refractivity contribution in [2.24, 2.45) is 0 Å². The molecule has 0 unspecified atom stereocenters. The van der Waals surface area contributed by atoms with Crippen LogP contribution in [0.1, 0.15) is 31.0 Å². The Balaban J connectivity index is 0.000000479. The zero-order chi connectivity index (χ0) is 27.3. The van der Waals surface area contributed by atoms with Crippen LogP contribution in [0.25, 0.3) is 33.7 Å². The zero-order valence-corrected chi connectivity index (χ0v) is 20.1. The molecule has 10 nitrogen and oxygen atoms in total. The Morgan fingerprint density at radius 1 is 1.14 bits per heavy atom. The summed E-state index contributed by atoms with van der Waals surface area (Å²) in [5.41, 5.74) is 4.77. The van der Waals surface area contributed by atoms with E-state index in [9.17, 15) is 18.0 Å². The predicted molar refractivity (Wildman–Crippen MR) is 127 cm³/mol. The zero-order valence-electron chi connectivity index (χ0n) is 20.1. The number of aliphatic carboxylic acids is 2. The normalized spacial score (nSPS) is 11.4. The third kappa shape index (κ3) is 6.91. The van der Waals surface area contributed by atoms with Crippen LogP contribution < -0.4 is 5.32 Å². The van der Waals surface area contributed by atoms with E-state index >= 15 is 0 Å². The van der Waals surface area contributed by atoms with Gasteiger partial charge in [0.2, 0.25) is 5.82 Å². The van der Waals surface area contributed by atoms with Crippen LogP contribution in [-0.2, 0) is 16.1 Å². The van der Waals surface area contributed by atoms with Crippen LogP contribution in [0, 0.1) is 6.92 Å². The molecule has 0 atom stereocenters. The number of hydrogen-bond acceptors (Lipinski definition) is 7. The van der Waals surface area contributed by atoms with Crippen LogP contribution in [0.15, 0.2) is 47.1 Å². The number of carboxylic acids is 2. The van der Waals surface area contributed by atoms with Gasteiger partial charge in [0.15, 0.2) is 0 Å². The Kier molecular flexibility index (Phi) is 8.28. The number of benzene rings is 2. The maximum Gasteiger partial charge on any atom is 0.490 e. The highest BCUT2D eigenvalue weighted by Crippen LogP contribution is 2.28. The molecule has 4 rings (SSSR count). The quantitative estimate of drug-likeness (QED) is 0.323. The van der Waals surface area contributed by atoms with E-state index in [-0.39, 0.29) is 12.6 Å². The number of carboxylic acid groups (broad SMARTS) is 2. The van der Waals surface area contributed by atoms with Gasteiger partial charge in [0.25, 0.3) is 5.89 Å². The van der Waals surface area contributed by atoms with E-state index < -0.39 is 18.1 Å². The lowest BCUT2D eigenvalue weighted by Gasteiger charge is -2.07. The van der Waals surface area contributed by atoms with Gasteiger partial charge in [-0.15, -0.1) is 0 Å². The summed E-state index contributed by atoms with van der Waals surface area (Å²) in [4.78, 5) is 24.1. The number of halogens is 3. The van der Waals surface area contributed by atoms with Crippen molar-refractivity contribution >= 4 is 22.8 Å². The van der Waals surface area contributed by atoms with E-state index in [1.165, 1.54) is 0 Å². The van der Waals surface area contributed by atoms with E-state index in [0.29, 0.717) is 18.3 Å². The minimum atomic E-state index is -5.08. The Hall–Kier alpha value is -4.26. The molecule has 0 aliphatic carbocycles. The fourth-order valence-electron chi connectivity index (χ4n) is 3.45. The summed E-state index contributed by atoms with van der Waals surface area (Å²) in [6.45, 7) is 6.57. The minimum Gasteiger partial charge on any atom is -0.480 e. The number of aromatic nitrogens is 4. The van der Waals surface area contributed by atoms with Crippen molar-refractivity contribution in [2.75, 3.05) is 6.54 Å². The van der Waals surface area contributed by atoms with Crippen LogP contribution in [0.2, 0.25) is 0 Å². The summed E-state index contributed by atoms with van der Waals surface area (Å²) >= 11 is 0. The molecular formula is C24H24F3N5O5. The number of nitrogens with one attached hydrogen (secondary N) is 1. The monoisotopic (exact) mass is 519 g/mol. The molecular weight excluding hydrogens is 495 g/mol. The SMILES string of the molecule is Cc1cc(CNCC(=O)O)ccc1-c1noc(-c2ccc3c(cnn3C(C)C)c2)n1.O=C(O)C(F)(F)F. The summed E-state index contributed by atoms with van der Waals surface area (Å²) in [5.74, 6) is -2.66. The maximum absolute atomic E-state index is 10.6. The molecule has 4 aromatic rings. The van der Waals surface area contributed by atoms with Gasteiger partial charge in [-0.1, -0.05) is 23.4 Å². The molecule has 0 aliphatic rings. The van der Waals surface area contributed by atoms with Gasteiger partial charge in [0, 0.05) is 29.1 Å². The number of nitrogens with zero attached hydrogens (tertiary/aromatic N) is 4. The lowest BCUT2D eigenvalue weighted by atomic mass is 10.0. The van der Waals surface area contributed by atoms with Crippen LogP contribution in [0.5, 0.6) is 0 Å². The first-order valence-electron chi connectivity index (χ1n) is 11.0. The van der Waals surface area contributed by atoms with Gasteiger partial charge in [-0.05, 0) is 50.1 Å². The molecule has 0 fully saturated rings. The molecule has 37 heavy (non-hydrogen) atoms. The molecule has 2 aromatic heterocycles. The van der Waals surface area contributed by atoms with Crippen LogP contribution in [0.4, 0.5) is 13.2 Å². The van der Waals surface area contributed by atoms with E-state index in [4.69, 9.17) is 19.5 Å². The first kappa shape index (κ1) is 27.3. The van der Waals surface area contributed by atoms with Crippen molar-refractivity contribution in [3.05, 3.63) is 53.7 Å². The summed E-state index contributed by atoms with van der Waals surface area (Å²) in [5, 5.41) is 28.4. The lowest BCUT2D eigenvalue weighted by Crippen LogP contribution is -2.21. The lowest BCUT2D eigenvalue weighted by molar-refractivity contribution is -0.192. The van der Waals surface area contributed by atoms with Crippen molar-refractivity contribution < 1.29 is 37.5 Å². The summed E-state index contributed by atoms with van der Waals surface area (Å²) in [7, 11) is 0. The van der Waals surface area contributed by atoms with Crippen LogP contribution >= 0.6 is 0 Å². The summed E-state index contributed by atoms with van der Waals surface area (Å²) in [6, 6.07) is 12.1. The molecule has 2 aromatic carbocycles. The highest BCUT2D eigenvalue weighted by atomic mass is 19.4. The average Bonchev–Trinajstić information content (AvgIpc) is 3.46. The third-order valence-corrected chi connectivity index (χ3v) is 5.14. The highest BCUT2D eigenvalue weighted by molar-refractivity contribution is 5.83. The van der Waals surface area contributed by atoms with Gasteiger partial charge >= 0.3 is 18.1 Å². The van der Waals surface area contributed by atoms with Crippen molar-refractivity contribution in [1.82, 2.24) is 25.2 Å². The standard InChI is InChI=1S/C22H23N5O3.C2HF3O2/c1-13(2)27-19-7-5-16(9-17(19)11-24-27)22-25-21(26-30-22)18-6-4-15(8-14(18)3)10-23-12-20(28)29;3-2(4,5)1(6)7/h4-9,11,13,23H,10,12H2,1-3H3,(H,28,29);(H,6,7). The van der Waals surface area contributed by atoms with Gasteiger partial charge in [-0.3, -0.25) is 9.48 Å². The molecule has 196 valence electrons. The third-order valence-electron chi connectivity index (χ3n) is 5.14. The Labute approximate surface area is 208 Å². The second-order valence-corrected chi connectivity index (χ2v) is 8.33. The topological polar surface area (TPSA) is 143 Å². The van der Waals surface area contributed by atoms with Crippen molar-refractivity contribution in [3.63, 3.8) is 0 Å². The number of alkyl halides is 3. The largest absolute Gasteiger partial charge is 0.490 e. The number of carbonyl (C=O) groups is 2. The van der Waals surface area contributed by atoms with Gasteiger partial charge in [0.05, 0.1) is 18.3 Å². The van der Waals surface area contributed by atoms with Crippen molar-refractivity contribution in [2.45, 2.75) is 39.5 Å². The van der Waals surface area contributed by atoms with Crippen molar-refractivity contribution in [3.8, 4) is 22.8 Å². The smallest absolute Gasteiger partial charge is 0.480 e. The molecule has 0 saturated carbocycles. The Morgan fingerprint density at radius 3 is 2.43 bits per heavy atom. The molecule has 0 radical (unpaired) electrons. The van der Waals surface area contributed by atoms with Gasteiger partial charge < -0.3 is 20.1 Å². The molecule has 0 aliphatic heterocycles. The molecule has 2 heterocycles. The first-order chi connectivity index (χ1) is 17.4. The van der Waals surface area contributed by atoms with Gasteiger partial charge in [-0.2, -0.15) is 23.3 Å². The molecule has 13 heteroatoms. The number of fused-ring (bicyclic) bond motifs is 1. The van der Waals surface area contributed by atoms with Crippen molar-refractivity contribution in [1.29, 1.82) is 0 Å². The highest BCUT2D eigenvalue weighted by Gasteiger charge is 2.38. The second-order valence-electron chi connectivity index (χ2n) is 8.33. The number of aryl methyl sites for hydroxylation is 1. The van der Waals surface area contributed by atoms with Crippen LogP contribution in [-0.4, -0.2) is 54.8 Å². The molecule has 0 saturated heterocycles. The minimum absolute atomic E-state index is 0.0740. The average molecular weight is 519 g/mol. The summed E-state index contributed by atoms with van der Waals surface area (Å²) < 4.78 is 39.2. The second kappa shape index (κ2) is 11.2. The molecule has 3 N–H and O–H groups in total. The van der Waals surface area contributed by atoms with E-state index in [2.05, 4.69) is 34.4 Å². The first-order valence-corrected chi connectivity index (χ1v) is 11.0. The maximum atomic E-state index is 10.6. The fourth-order valence-corrected chi connectivity index (χ4v) is 3.45. The number of hydrogen-bond donors (Lipinski definition) is 3.